The van der Waals surface area contributed by atoms with Crippen LogP contribution in [0.15, 0.2) is 65.8 Å². The Bertz CT molecular complexity index is 838. The zero-order valence-electron chi connectivity index (χ0n) is 12.4. The van der Waals surface area contributed by atoms with Gasteiger partial charge in [0.15, 0.2) is 5.82 Å². The first-order valence-electron chi connectivity index (χ1n) is 6.98. The Balaban J connectivity index is 1.89. The molecule has 0 saturated heterocycles. The zero-order valence-corrected chi connectivity index (χ0v) is 12.4. The lowest BCUT2D eigenvalue weighted by Crippen LogP contribution is -1.97. The summed E-state index contributed by atoms with van der Waals surface area (Å²) in [5.74, 6) is -0.545. The standard InChI is InChI=1S/C18H14F2N2O/c1-23-16-7-5-14(6-8-16)22-10-2-3-15(22)12-21-18-9-4-13(19)11-17(18)20/h2-12H,1H3. The van der Waals surface area contributed by atoms with E-state index in [0.29, 0.717) is 0 Å². The predicted octanol–water partition coefficient (Wildman–Crippen LogP) is 4.51. The van der Waals surface area contributed by atoms with Crippen molar-refractivity contribution in [1.29, 1.82) is 0 Å². The molecule has 0 N–H and O–H groups in total. The summed E-state index contributed by atoms with van der Waals surface area (Å²) in [5, 5.41) is 0. The zero-order chi connectivity index (χ0) is 16.2. The molecule has 116 valence electrons. The Morgan fingerprint density at radius 2 is 1.83 bits per heavy atom. The largest absolute Gasteiger partial charge is 0.497 e. The van der Waals surface area contributed by atoms with Crippen molar-refractivity contribution >= 4 is 11.9 Å². The predicted molar refractivity (Wildman–Crippen MR) is 85.9 cm³/mol. The minimum Gasteiger partial charge on any atom is -0.497 e. The second-order valence-electron chi connectivity index (χ2n) is 4.86. The number of hydrogen-bond donors (Lipinski definition) is 0. The van der Waals surface area contributed by atoms with Crippen LogP contribution in [0, 0.1) is 11.6 Å². The van der Waals surface area contributed by atoms with E-state index < -0.39 is 11.6 Å². The van der Waals surface area contributed by atoms with Crippen molar-refractivity contribution in [3.8, 4) is 11.4 Å². The molecule has 0 aliphatic carbocycles. The number of benzene rings is 2. The Kier molecular flexibility index (Phi) is 4.19. The maximum Gasteiger partial charge on any atom is 0.151 e. The van der Waals surface area contributed by atoms with E-state index in [4.69, 9.17) is 4.74 Å². The van der Waals surface area contributed by atoms with Crippen molar-refractivity contribution in [2.75, 3.05) is 7.11 Å². The van der Waals surface area contributed by atoms with E-state index in [2.05, 4.69) is 4.99 Å². The second kappa shape index (κ2) is 6.44. The van der Waals surface area contributed by atoms with Gasteiger partial charge in [0.05, 0.1) is 24.7 Å². The molecule has 0 bridgehead atoms. The van der Waals surface area contributed by atoms with Crippen LogP contribution >= 0.6 is 0 Å². The van der Waals surface area contributed by atoms with E-state index in [1.165, 1.54) is 12.1 Å². The maximum atomic E-state index is 13.6. The van der Waals surface area contributed by atoms with Crippen LogP contribution in [0.3, 0.4) is 0 Å². The third-order valence-corrected chi connectivity index (χ3v) is 3.38. The first-order valence-corrected chi connectivity index (χ1v) is 6.98. The molecule has 3 rings (SSSR count). The number of halogens is 2. The van der Waals surface area contributed by atoms with Gasteiger partial charge in [-0.05, 0) is 48.5 Å². The van der Waals surface area contributed by atoms with Crippen molar-refractivity contribution in [3.63, 3.8) is 0 Å². The van der Waals surface area contributed by atoms with Gasteiger partial charge >= 0.3 is 0 Å². The minimum atomic E-state index is -0.691. The average molecular weight is 312 g/mol. The van der Waals surface area contributed by atoms with Gasteiger partial charge < -0.3 is 9.30 Å². The van der Waals surface area contributed by atoms with Gasteiger partial charge in [-0.15, -0.1) is 0 Å². The Morgan fingerprint density at radius 3 is 2.52 bits per heavy atom. The summed E-state index contributed by atoms with van der Waals surface area (Å²) in [6.07, 6.45) is 3.42. The van der Waals surface area contributed by atoms with Gasteiger partial charge in [0.25, 0.3) is 0 Å². The molecule has 0 fully saturated rings. The fourth-order valence-corrected chi connectivity index (χ4v) is 2.20. The number of hydrogen-bond acceptors (Lipinski definition) is 2. The molecule has 2 aromatic carbocycles. The Morgan fingerprint density at radius 1 is 1.04 bits per heavy atom. The van der Waals surface area contributed by atoms with E-state index in [9.17, 15) is 8.78 Å². The summed E-state index contributed by atoms with van der Waals surface area (Å²) in [5.41, 5.74) is 1.80. The van der Waals surface area contributed by atoms with E-state index in [-0.39, 0.29) is 5.69 Å². The summed E-state index contributed by atoms with van der Waals surface area (Å²) in [4.78, 5) is 4.10. The molecule has 0 saturated carbocycles. The molecule has 0 aliphatic rings. The highest BCUT2D eigenvalue weighted by atomic mass is 19.1. The highest BCUT2D eigenvalue weighted by Crippen LogP contribution is 2.20. The number of methoxy groups -OCH3 is 1. The van der Waals surface area contributed by atoms with Crippen molar-refractivity contribution in [1.82, 2.24) is 4.57 Å². The Hall–Kier alpha value is -2.95. The van der Waals surface area contributed by atoms with E-state index in [1.807, 2.05) is 47.2 Å². The van der Waals surface area contributed by atoms with Crippen LogP contribution in [0.1, 0.15) is 5.69 Å². The highest BCUT2D eigenvalue weighted by molar-refractivity contribution is 5.81. The summed E-state index contributed by atoms with van der Waals surface area (Å²) < 4.78 is 33.6. The topological polar surface area (TPSA) is 26.5 Å². The summed E-state index contributed by atoms with van der Waals surface area (Å²) in [6.45, 7) is 0. The van der Waals surface area contributed by atoms with Crippen molar-refractivity contribution in [3.05, 3.63) is 78.1 Å². The van der Waals surface area contributed by atoms with Gasteiger partial charge in [0.1, 0.15) is 11.6 Å². The van der Waals surface area contributed by atoms with Crippen molar-refractivity contribution in [2.45, 2.75) is 0 Å². The number of rotatable bonds is 4. The first-order chi connectivity index (χ1) is 11.2. The molecule has 1 aromatic heterocycles. The van der Waals surface area contributed by atoms with Crippen LogP contribution in [-0.4, -0.2) is 17.9 Å². The molecule has 23 heavy (non-hydrogen) atoms. The van der Waals surface area contributed by atoms with Gasteiger partial charge in [0, 0.05) is 18.0 Å². The smallest absolute Gasteiger partial charge is 0.151 e. The van der Waals surface area contributed by atoms with Crippen LogP contribution in [0.2, 0.25) is 0 Å². The number of aromatic nitrogens is 1. The Labute approximate surface area is 132 Å². The number of ether oxygens (including phenoxy) is 1. The van der Waals surface area contributed by atoms with E-state index >= 15 is 0 Å². The quantitative estimate of drug-likeness (QED) is 0.651. The number of nitrogens with zero attached hydrogens (tertiary/aromatic N) is 2. The molecule has 0 aliphatic heterocycles. The molecule has 0 amide bonds. The summed E-state index contributed by atoms with van der Waals surface area (Å²) >= 11 is 0. The molecule has 0 spiro atoms. The average Bonchev–Trinajstić information content (AvgIpc) is 3.02. The van der Waals surface area contributed by atoms with Crippen LogP contribution in [-0.2, 0) is 0 Å². The van der Waals surface area contributed by atoms with Gasteiger partial charge in [-0.2, -0.15) is 0 Å². The third kappa shape index (κ3) is 3.29. The minimum absolute atomic E-state index is 0.0916. The fourth-order valence-electron chi connectivity index (χ4n) is 2.20. The van der Waals surface area contributed by atoms with E-state index in [0.717, 1.165) is 23.2 Å². The fraction of sp³-hybridized carbons (Fsp3) is 0.0556. The molecule has 0 atom stereocenters. The molecular weight excluding hydrogens is 298 g/mol. The lowest BCUT2D eigenvalue weighted by atomic mass is 10.3. The SMILES string of the molecule is COc1ccc(-n2cccc2C=Nc2ccc(F)cc2F)cc1. The van der Waals surface area contributed by atoms with Crippen LogP contribution in [0.5, 0.6) is 5.75 Å². The highest BCUT2D eigenvalue weighted by Gasteiger charge is 2.04. The molecule has 3 nitrogen and oxygen atoms in total. The van der Waals surface area contributed by atoms with Gasteiger partial charge in [-0.1, -0.05) is 0 Å². The second-order valence-corrected chi connectivity index (χ2v) is 4.86. The monoisotopic (exact) mass is 312 g/mol. The lowest BCUT2D eigenvalue weighted by molar-refractivity contribution is 0.415. The molecule has 1 heterocycles. The van der Waals surface area contributed by atoms with Gasteiger partial charge in [-0.3, -0.25) is 4.99 Å². The van der Waals surface area contributed by atoms with Gasteiger partial charge in [-0.25, -0.2) is 8.78 Å². The maximum absolute atomic E-state index is 13.6. The van der Waals surface area contributed by atoms with E-state index in [1.54, 1.807) is 13.3 Å². The molecule has 0 unspecified atom stereocenters. The third-order valence-electron chi connectivity index (χ3n) is 3.38. The van der Waals surface area contributed by atoms with Crippen LogP contribution in [0.4, 0.5) is 14.5 Å². The first kappa shape index (κ1) is 15.0. The molecule has 0 radical (unpaired) electrons. The normalized spacial score (nSPS) is 11.1. The molecule has 3 aromatic rings. The lowest BCUT2D eigenvalue weighted by Gasteiger charge is -2.07. The number of aliphatic imine (C=N–C) groups is 1. The molecule has 5 heteroatoms. The van der Waals surface area contributed by atoms with Crippen molar-refractivity contribution < 1.29 is 13.5 Å². The van der Waals surface area contributed by atoms with Crippen LogP contribution in [0.25, 0.3) is 5.69 Å². The van der Waals surface area contributed by atoms with Crippen molar-refractivity contribution in [2.24, 2.45) is 4.99 Å². The summed E-state index contributed by atoms with van der Waals surface area (Å²) in [6, 6.07) is 14.6. The molecular formula is C18H14F2N2O. The van der Waals surface area contributed by atoms with Crippen LogP contribution < -0.4 is 4.74 Å². The van der Waals surface area contributed by atoms with Gasteiger partial charge in [0.2, 0.25) is 0 Å². The summed E-state index contributed by atoms with van der Waals surface area (Å²) in [7, 11) is 1.61.